The van der Waals surface area contributed by atoms with Crippen LogP contribution in [0.2, 0.25) is 0 Å². The first-order valence-corrected chi connectivity index (χ1v) is 11.8. The average Bonchev–Trinajstić information content (AvgIpc) is 2.84. The molecule has 2 aromatic carbocycles. The van der Waals surface area contributed by atoms with E-state index < -0.39 is 12.6 Å². The molecule has 0 spiro atoms. The van der Waals surface area contributed by atoms with E-state index in [0.29, 0.717) is 24.3 Å². The average molecular weight is 502 g/mol. The van der Waals surface area contributed by atoms with Crippen LogP contribution in [0.4, 0.5) is 18.9 Å². The van der Waals surface area contributed by atoms with Gasteiger partial charge in [0, 0.05) is 37.5 Å². The van der Waals surface area contributed by atoms with Gasteiger partial charge < -0.3 is 25.0 Å². The summed E-state index contributed by atoms with van der Waals surface area (Å²) in [5.41, 5.74) is 2.84. The van der Waals surface area contributed by atoms with Crippen molar-refractivity contribution in [1.29, 1.82) is 0 Å². The molecule has 0 saturated heterocycles. The molecule has 0 radical (unpaired) electrons. The van der Waals surface area contributed by atoms with E-state index >= 15 is 0 Å². The molecule has 1 unspecified atom stereocenters. The number of nitrogens with zero attached hydrogens (tertiary/aromatic N) is 1. The second kappa shape index (κ2) is 10.7. The van der Waals surface area contributed by atoms with Crippen LogP contribution in [0.25, 0.3) is 0 Å². The Balaban J connectivity index is 1.78. The molecular weight excluding hydrogens is 471 g/mol. The Bertz CT molecular complexity index is 1150. The lowest BCUT2D eigenvalue weighted by atomic mass is 9.77. The first kappa shape index (κ1) is 25.6. The van der Waals surface area contributed by atoms with Gasteiger partial charge >= 0.3 is 6.36 Å². The third-order valence-electron chi connectivity index (χ3n) is 6.22. The fourth-order valence-corrected chi connectivity index (χ4v) is 4.90. The van der Waals surface area contributed by atoms with Gasteiger partial charge in [-0.05, 0) is 47.5 Å². The van der Waals surface area contributed by atoms with Gasteiger partial charge in [0.05, 0.1) is 12.0 Å². The minimum Gasteiger partial charge on any atom is -0.406 e. The molecule has 2 N–H and O–H groups in total. The molecule has 0 fully saturated rings. The van der Waals surface area contributed by atoms with Crippen molar-refractivity contribution in [3.05, 3.63) is 83.6 Å². The third-order valence-corrected chi connectivity index (χ3v) is 6.22. The van der Waals surface area contributed by atoms with E-state index in [0.717, 1.165) is 11.1 Å². The number of methoxy groups -OCH3 is 1. The topological polar surface area (TPSA) is 62.8 Å². The highest BCUT2D eigenvalue weighted by Crippen LogP contribution is 2.41. The number of ether oxygens (including phenoxy) is 2. The second-order valence-corrected chi connectivity index (χ2v) is 9.27. The maximum absolute atomic E-state index is 13.7. The van der Waals surface area contributed by atoms with Crippen molar-refractivity contribution in [3.8, 4) is 5.75 Å². The maximum atomic E-state index is 13.7. The van der Waals surface area contributed by atoms with Gasteiger partial charge in [-0.15, -0.1) is 13.2 Å². The van der Waals surface area contributed by atoms with E-state index in [4.69, 9.17) is 4.74 Å². The van der Waals surface area contributed by atoms with Gasteiger partial charge in [0.1, 0.15) is 12.0 Å². The fourth-order valence-electron chi connectivity index (χ4n) is 4.90. The van der Waals surface area contributed by atoms with Gasteiger partial charge in [-0.25, -0.2) is 0 Å². The molecule has 2 heterocycles. The summed E-state index contributed by atoms with van der Waals surface area (Å²) in [6.45, 7) is 5.23. The molecule has 0 aromatic heterocycles. The molecule has 6 nitrogen and oxygen atoms in total. The van der Waals surface area contributed by atoms with E-state index in [-0.39, 0.29) is 29.5 Å². The Morgan fingerprint density at radius 1 is 1.17 bits per heavy atom. The van der Waals surface area contributed by atoms with E-state index in [1.165, 1.54) is 18.2 Å². The number of anilines is 1. The predicted octanol–water partition coefficient (Wildman–Crippen LogP) is 5.28. The molecule has 4 rings (SSSR count). The number of hydrogen-bond acceptors (Lipinski definition) is 5. The van der Waals surface area contributed by atoms with Crippen molar-refractivity contribution >= 4 is 11.6 Å². The third kappa shape index (κ3) is 5.67. The van der Waals surface area contributed by atoms with E-state index in [1.807, 2.05) is 47.5 Å². The zero-order valence-corrected chi connectivity index (χ0v) is 20.4. The Morgan fingerprint density at radius 2 is 1.94 bits per heavy atom. The zero-order valence-electron chi connectivity index (χ0n) is 20.4. The summed E-state index contributed by atoms with van der Waals surface area (Å²) in [6.07, 6.45) is 0.307. The van der Waals surface area contributed by atoms with Crippen molar-refractivity contribution in [2.24, 2.45) is 5.92 Å². The van der Waals surface area contributed by atoms with Gasteiger partial charge in [0.2, 0.25) is 0 Å². The van der Waals surface area contributed by atoms with Crippen molar-refractivity contribution < 1.29 is 27.4 Å². The molecular formula is C27H30F3N3O3. The lowest BCUT2D eigenvalue weighted by Crippen LogP contribution is -2.55. The Hall–Kier alpha value is -3.46. The Kier molecular flexibility index (Phi) is 7.59. The van der Waals surface area contributed by atoms with Crippen LogP contribution in [0.1, 0.15) is 35.7 Å². The monoisotopic (exact) mass is 501 g/mol. The summed E-state index contributed by atoms with van der Waals surface area (Å²) in [5.74, 6) is -0.495. The summed E-state index contributed by atoms with van der Waals surface area (Å²) in [6, 6.07) is 12.8. The van der Waals surface area contributed by atoms with Gasteiger partial charge in [-0.1, -0.05) is 44.2 Å². The molecule has 1 amide bonds. The summed E-state index contributed by atoms with van der Waals surface area (Å²) in [5, 5.41) is 6.48. The van der Waals surface area contributed by atoms with Gasteiger partial charge in [-0.2, -0.15) is 0 Å². The number of fused-ring (bicyclic) bond motifs is 1. The quantitative estimate of drug-likeness (QED) is 0.482. The standard InChI is InChI=1S/C27H30F3N3O3/c1-17(2)16-33-24(18-8-7-13-31-15-18)23(21-11-4-5-12-22(21)26(33)34)25(35-3)32-19-9-6-10-20(14-19)36-27(28,29)30/h4-14,17,23-25,31-32H,15-16H2,1-3H3/t23-,24+,25?/m0/s1. The minimum atomic E-state index is -4.79. The number of allylic oxidation sites excluding steroid dienone is 2. The van der Waals surface area contributed by atoms with Gasteiger partial charge in [-0.3, -0.25) is 4.79 Å². The molecule has 9 heteroatoms. The Labute approximate surface area is 208 Å². The molecule has 0 bridgehead atoms. The predicted molar refractivity (Wildman–Crippen MR) is 132 cm³/mol. The molecule has 2 aliphatic rings. The summed E-state index contributed by atoms with van der Waals surface area (Å²) in [7, 11) is 1.55. The van der Waals surface area contributed by atoms with E-state index in [1.54, 1.807) is 13.2 Å². The highest BCUT2D eigenvalue weighted by molar-refractivity contribution is 5.98. The fraction of sp³-hybridized carbons (Fsp3) is 0.370. The smallest absolute Gasteiger partial charge is 0.406 e. The first-order chi connectivity index (χ1) is 17.2. The van der Waals surface area contributed by atoms with Crippen LogP contribution in [0.15, 0.2) is 72.5 Å². The van der Waals surface area contributed by atoms with Crippen LogP contribution in [0.5, 0.6) is 5.75 Å². The van der Waals surface area contributed by atoms with Crippen LogP contribution in [-0.2, 0) is 4.74 Å². The van der Waals surface area contributed by atoms with Crippen LogP contribution < -0.4 is 15.4 Å². The highest BCUT2D eigenvalue weighted by atomic mass is 19.4. The van der Waals surface area contributed by atoms with Crippen LogP contribution in [0.3, 0.4) is 0 Å². The minimum absolute atomic E-state index is 0.0496. The van der Waals surface area contributed by atoms with Crippen LogP contribution in [-0.4, -0.2) is 49.6 Å². The summed E-state index contributed by atoms with van der Waals surface area (Å²) >= 11 is 0. The Morgan fingerprint density at radius 3 is 2.61 bits per heavy atom. The van der Waals surface area contributed by atoms with Crippen molar-refractivity contribution in [3.63, 3.8) is 0 Å². The number of amides is 1. The lowest BCUT2D eigenvalue weighted by molar-refractivity contribution is -0.274. The first-order valence-electron chi connectivity index (χ1n) is 11.8. The number of benzene rings is 2. The number of rotatable bonds is 8. The van der Waals surface area contributed by atoms with Crippen molar-refractivity contribution in [2.45, 2.75) is 38.4 Å². The second-order valence-electron chi connectivity index (χ2n) is 9.27. The van der Waals surface area contributed by atoms with Crippen LogP contribution >= 0.6 is 0 Å². The number of alkyl halides is 3. The molecule has 2 aromatic rings. The number of dihydropyridines is 1. The number of hydrogen-bond donors (Lipinski definition) is 2. The number of carbonyl (C=O) groups is 1. The normalized spacial score (nSPS) is 20.5. The number of nitrogens with one attached hydrogen (secondary N) is 2. The van der Waals surface area contributed by atoms with Crippen LogP contribution in [0, 0.1) is 5.92 Å². The molecule has 2 aliphatic heterocycles. The van der Waals surface area contributed by atoms with Crippen molar-refractivity contribution in [1.82, 2.24) is 10.2 Å². The summed E-state index contributed by atoms with van der Waals surface area (Å²) < 4.78 is 48.3. The highest BCUT2D eigenvalue weighted by Gasteiger charge is 2.45. The molecule has 36 heavy (non-hydrogen) atoms. The maximum Gasteiger partial charge on any atom is 0.573 e. The SMILES string of the molecule is COC(Nc1cccc(OC(F)(F)F)c1)[C@H]1c2ccccc2C(=O)N(CC(C)C)[C@@H]1C1=CC=CNC1. The molecule has 0 saturated carbocycles. The zero-order chi connectivity index (χ0) is 25.9. The van der Waals surface area contributed by atoms with Gasteiger partial charge in [0.25, 0.3) is 5.91 Å². The van der Waals surface area contributed by atoms with E-state index in [9.17, 15) is 18.0 Å². The van der Waals surface area contributed by atoms with E-state index in [2.05, 4.69) is 29.2 Å². The largest absolute Gasteiger partial charge is 0.573 e. The number of carbonyl (C=O) groups excluding carboxylic acids is 1. The molecule has 3 atom stereocenters. The molecule has 192 valence electrons. The lowest BCUT2D eigenvalue weighted by Gasteiger charge is -2.47. The number of halogens is 3. The summed E-state index contributed by atoms with van der Waals surface area (Å²) in [4.78, 5) is 15.6. The van der Waals surface area contributed by atoms with Gasteiger partial charge in [0.15, 0.2) is 0 Å². The molecule has 0 aliphatic carbocycles. The van der Waals surface area contributed by atoms with Crippen molar-refractivity contribution in [2.75, 3.05) is 25.5 Å².